The van der Waals surface area contributed by atoms with Crippen LogP contribution in [0.4, 0.5) is 5.69 Å². The molecule has 1 amide bonds. The summed E-state index contributed by atoms with van der Waals surface area (Å²) in [5, 5.41) is 9.64. The van der Waals surface area contributed by atoms with E-state index in [0.29, 0.717) is 19.0 Å². The van der Waals surface area contributed by atoms with Crippen LogP contribution in [0.2, 0.25) is 0 Å². The molecular formula is C19H29IN4O. The Bertz CT molecular complexity index is 576. The highest BCUT2D eigenvalue weighted by molar-refractivity contribution is 14.0. The van der Waals surface area contributed by atoms with Crippen LogP contribution in [0.15, 0.2) is 41.4 Å². The molecule has 1 aromatic carbocycles. The highest BCUT2D eigenvalue weighted by Crippen LogP contribution is 2.12. The molecule has 2 rings (SSSR count). The fourth-order valence-electron chi connectivity index (χ4n) is 2.56. The molecule has 25 heavy (non-hydrogen) atoms. The number of nitrogens with one attached hydrogen (secondary N) is 3. The van der Waals surface area contributed by atoms with E-state index in [9.17, 15) is 4.79 Å². The summed E-state index contributed by atoms with van der Waals surface area (Å²) < 4.78 is 0. The molecular weight excluding hydrogens is 427 g/mol. The largest absolute Gasteiger partial charge is 0.357 e. The van der Waals surface area contributed by atoms with Gasteiger partial charge in [0, 0.05) is 24.7 Å². The van der Waals surface area contributed by atoms with Crippen LogP contribution in [0.25, 0.3) is 0 Å². The molecule has 0 fully saturated rings. The first-order valence-electron chi connectivity index (χ1n) is 8.80. The average Bonchev–Trinajstić information content (AvgIpc) is 3.07. The second kappa shape index (κ2) is 11.9. The molecule has 1 aliphatic carbocycles. The zero-order valence-electron chi connectivity index (χ0n) is 15.0. The van der Waals surface area contributed by atoms with Crippen LogP contribution in [0.3, 0.4) is 0 Å². The number of benzene rings is 1. The third-order valence-electron chi connectivity index (χ3n) is 3.83. The van der Waals surface area contributed by atoms with E-state index in [-0.39, 0.29) is 29.9 Å². The van der Waals surface area contributed by atoms with Crippen molar-refractivity contribution in [1.29, 1.82) is 0 Å². The highest BCUT2D eigenvalue weighted by atomic mass is 127. The van der Waals surface area contributed by atoms with Gasteiger partial charge in [-0.25, -0.2) is 4.99 Å². The monoisotopic (exact) mass is 456 g/mol. The van der Waals surface area contributed by atoms with Crippen molar-refractivity contribution < 1.29 is 4.79 Å². The normalized spacial score (nSPS) is 14.1. The maximum atomic E-state index is 11.6. The summed E-state index contributed by atoms with van der Waals surface area (Å²) in [5.41, 5.74) is 1.95. The van der Waals surface area contributed by atoms with Crippen LogP contribution in [0.5, 0.6) is 0 Å². The Morgan fingerprint density at radius 2 is 1.84 bits per heavy atom. The molecule has 0 spiro atoms. The third-order valence-corrected chi connectivity index (χ3v) is 3.83. The summed E-state index contributed by atoms with van der Waals surface area (Å²) in [5.74, 6) is 0.915. The lowest BCUT2D eigenvalue weighted by Gasteiger charge is -2.16. The predicted octanol–water partition coefficient (Wildman–Crippen LogP) is 3.82. The van der Waals surface area contributed by atoms with Gasteiger partial charge in [-0.3, -0.25) is 4.79 Å². The van der Waals surface area contributed by atoms with E-state index in [1.165, 1.54) is 0 Å². The van der Waals surface area contributed by atoms with Gasteiger partial charge in [-0.1, -0.05) is 31.2 Å². The van der Waals surface area contributed by atoms with Gasteiger partial charge in [0.1, 0.15) is 0 Å². The van der Waals surface area contributed by atoms with Crippen LogP contribution < -0.4 is 16.0 Å². The lowest BCUT2D eigenvalue weighted by Crippen LogP contribution is -2.42. The molecule has 0 saturated carbocycles. The maximum absolute atomic E-state index is 11.6. The first kappa shape index (κ1) is 21.5. The number of hydrogen-bond donors (Lipinski definition) is 3. The summed E-state index contributed by atoms with van der Waals surface area (Å²) in [6.45, 7) is 5.52. The molecule has 0 radical (unpaired) electrons. The fourth-order valence-corrected chi connectivity index (χ4v) is 2.56. The van der Waals surface area contributed by atoms with Crippen molar-refractivity contribution in [3.05, 3.63) is 42.0 Å². The number of carbonyl (C=O) groups excluding carboxylic acids is 1. The van der Waals surface area contributed by atoms with E-state index >= 15 is 0 Å². The number of nitrogens with zero attached hydrogens (tertiary/aromatic N) is 1. The number of anilines is 1. The fraction of sp³-hybridized carbons (Fsp3) is 0.474. The Kier molecular flexibility index (Phi) is 10.2. The van der Waals surface area contributed by atoms with Gasteiger partial charge in [0.15, 0.2) is 5.96 Å². The minimum Gasteiger partial charge on any atom is -0.357 e. The van der Waals surface area contributed by atoms with E-state index < -0.39 is 0 Å². The van der Waals surface area contributed by atoms with Crippen molar-refractivity contribution in [1.82, 2.24) is 10.6 Å². The molecule has 0 saturated heterocycles. The van der Waals surface area contributed by atoms with Crippen LogP contribution >= 0.6 is 24.0 Å². The van der Waals surface area contributed by atoms with E-state index in [2.05, 4.69) is 40.0 Å². The van der Waals surface area contributed by atoms with Gasteiger partial charge in [0.25, 0.3) is 0 Å². The zero-order valence-corrected chi connectivity index (χ0v) is 17.4. The van der Waals surface area contributed by atoms with Crippen molar-refractivity contribution >= 4 is 41.5 Å². The van der Waals surface area contributed by atoms with Gasteiger partial charge in [-0.05, 0) is 43.9 Å². The van der Waals surface area contributed by atoms with Gasteiger partial charge in [0.2, 0.25) is 5.91 Å². The second-order valence-corrected chi connectivity index (χ2v) is 5.97. The van der Waals surface area contributed by atoms with E-state index in [1.54, 1.807) is 0 Å². The SMILES string of the molecule is CCCC(=O)Nc1ccc(CN=C(NCC)NC2CC=CC2)cc1.I. The molecule has 0 unspecified atom stereocenters. The van der Waals surface area contributed by atoms with Crippen molar-refractivity contribution in [3.63, 3.8) is 0 Å². The molecule has 138 valence electrons. The number of hydrogen-bond acceptors (Lipinski definition) is 2. The van der Waals surface area contributed by atoms with Crippen molar-refractivity contribution in [2.24, 2.45) is 4.99 Å². The molecule has 1 aliphatic rings. The van der Waals surface area contributed by atoms with Gasteiger partial charge in [0.05, 0.1) is 6.54 Å². The molecule has 0 heterocycles. The van der Waals surface area contributed by atoms with Crippen molar-refractivity contribution in [2.75, 3.05) is 11.9 Å². The first-order valence-corrected chi connectivity index (χ1v) is 8.80. The zero-order chi connectivity index (χ0) is 17.2. The Morgan fingerprint density at radius 3 is 2.44 bits per heavy atom. The number of rotatable bonds is 7. The third kappa shape index (κ3) is 7.90. The van der Waals surface area contributed by atoms with Crippen molar-refractivity contribution in [3.8, 4) is 0 Å². The molecule has 5 nitrogen and oxygen atoms in total. The molecule has 3 N–H and O–H groups in total. The summed E-state index contributed by atoms with van der Waals surface area (Å²) in [4.78, 5) is 16.2. The molecule has 6 heteroatoms. The summed E-state index contributed by atoms with van der Waals surface area (Å²) in [6.07, 6.45) is 7.92. The van der Waals surface area contributed by atoms with Gasteiger partial charge in [-0.2, -0.15) is 0 Å². The summed E-state index contributed by atoms with van der Waals surface area (Å²) in [6, 6.07) is 8.32. The first-order chi connectivity index (χ1) is 11.7. The smallest absolute Gasteiger partial charge is 0.224 e. The number of guanidine groups is 1. The lowest BCUT2D eigenvalue weighted by molar-refractivity contribution is -0.116. The Balaban J connectivity index is 0.00000312. The second-order valence-electron chi connectivity index (χ2n) is 5.97. The van der Waals surface area contributed by atoms with Crippen molar-refractivity contribution in [2.45, 2.75) is 52.1 Å². The average molecular weight is 456 g/mol. The van der Waals surface area contributed by atoms with Crippen LogP contribution in [-0.2, 0) is 11.3 Å². The van der Waals surface area contributed by atoms with Gasteiger partial charge < -0.3 is 16.0 Å². The minimum absolute atomic E-state index is 0. The number of aliphatic imine (C=N–C) groups is 1. The molecule has 1 aromatic rings. The van der Waals surface area contributed by atoms with E-state index in [1.807, 2.05) is 31.2 Å². The number of amides is 1. The van der Waals surface area contributed by atoms with Crippen LogP contribution in [0.1, 0.15) is 45.1 Å². The quantitative estimate of drug-likeness (QED) is 0.253. The Hall–Kier alpha value is -1.57. The van der Waals surface area contributed by atoms with Crippen LogP contribution in [-0.4, -0.2) is 24.5 Å². The van der Waals surface area contributed by atoms with Gasteiger partial charge >= 0.3 is 0 Å². The highest BCUT2D eigenvalue weighted by Gasteiger charge is 2.11. The summed E-state index contributed by atoms with van der Waals surface area (Å²) >= 11 is 0. The topological polar surface area (TPSA) is 65.5 Å². The van der Waals surface area contributed by atoms with E-state index in [4.69, 9.17) is 0 Å². The molecule has 0 aromatic heterocycles. The Morgan fingerprint density at radius 1 is 1.16 bits per heavy atom. The minimum atomic E-state index is 0. The van der Waals surface area contributed by atoms with Gasteiger partial charge in [-0.15, -0.1) is 24.0 Å². The molecule has 0 bridgehead atoms. The standard InChI is InChI=1S/C19H28N4O.HI/c1-3-7-18(24)22-17-12-10-15(11-13-17)14-21-19(20-4-2)23-16-8-5-6-9-16;/h5-6,10-13,16H,3-4,7-9,14H2,1-2H3,(H,22,24)(H2,20,21,23);1H. The molecule has 0 atom stereocenters. The Labute approximate surface area is 167 Å². The molecule has 0 aliphatic heterocycles. The number of carbonyl (C=O) groups is 1. The number of halogens is 1. The lowest BCUT2D eigenvalue weighted by atomic mass is 10.2. The van der Waals surface area contributed by atoms with Crippen LogP contribution in [0, 0.1) is 0 Å². The predicted molar refractivity (Wildman–Crippen MR) is 116 cm³/mol. The maximum Gasteiger partial charge on any atom is 0.224 e. The van der Waals surface area contributed by atoms with E-state index in [0.717, 1.165) is 43.0 Å². The summed E-state index contributed by atoms with van der Waals surface area (Å²) in [7, 11) is 0.